The molecule has 1 fully saturated rings. The van der Waals surface area contributed by atoms with E-state index in [1.807, 2.05) is 13.8 Å². The Morgan fingerprint density at radius 1 is 1.42 bits per heavy atom. The summed E-state index contributed by atoms with van der Waals surface area (Å²) in [5.74, 6) is -0.703. The Labute approximate surface area is 115 Å². The number of piperidine rings is 1. The standard InChI is InChI=1S/C14H26N2O3/c1-3-11(2)15-13(17)10-16-9-5-4-6-12(16)7-8-14(18)19/h11-12H,3-10H2,1-2H3,(H,15,17)(H,18,19). The van der Waals surface area contributed by atoms with E-state index in [1.54, 1.807) is 0 Å². The first-order valence-corrected chi connectivity index (χ1v) is 7.28. The average Bonchev–Trinajstić information content (AvgIpc) is 2.37. The molecular weight excluding hydrogens is 244 g/mol. The number of hydrogen-bond donors (Lipinski definition) is 2. The van der Waals surface area contributed by atoms with Crippen molar-refractivity contribution in [3.8, 4) is 0 Å². The van der Waals surface area contributed by atoms with E-state index in [-0.39, 0.29) is 24.4 Å². The third-order valence-electron chi connectivity index (χ3n) is 3.81. The van der Waals surface area contributed by atoms with Gasteiger partial charge in [-0.3, -0.25) is 14.5 Å². The number of rotatable bonds is 7. The van der Waals surface area contributed by atoms with Crippen molar-refractivity contribution in [3.63, 3.8) is 0 Å². The number of hydrogen-bond acceptors (Lipinski definition) is 3. The van der Waals surface area contributed by atoms with Gasteiger partial charge in [0.15, 0.2) is 0 Å². The number of carbonyl (C=O) groups excluding carboxylic acids is 1. The fourth-order valence-electron chi connectivity index (χ4n) is 2.49. The average molecular weight is 270 g/mol. The van der Waals surface area contributed by atoms with E-state index in [4.69, 9.17) is 5.11 Å². The van der Waals surface area contributed by atoms with Crippen LogP contribution < -0.4 is 5.32 Å². The summed E-state index contributed by atoms with van der Waals surface area (Å²) in [5, 5.41) is 11.7. The molecule has 1 aliphatic heterocycles. The van der Waals surface area contributed by atoms with E-state index in [0.717, 1.165) is 32.2 Å². The van der Waals surface area contributed by atoms with Crippen molar-refractivity contribution in [1.29, 1.82) is 0 Å². The highest BCUT2D eigenvalue weighted by molar-refractivity contribution is 5.78. The van der Waals surface area contributed by atoms with Crippen molar-refractivity contribution < 1.29 is 14.7 Å². The predicted molar refractivity (Wildman–Crippen MR) is 74.0 cm³/mol. The van der Waals surface area contributed by atoms with E-state index >= 15 is 0 Å². The first kappa shape index (κ1) is 16.0. The van der Waals surface area contributed by atoms with Gasteiger partial charge in [-0.25, -0.2) is 0 Å². The van der Waals surface area contributed by atoms with E-state index in [9.17, 15) is 9.59 Å². The molecule has 0 aromatic rings. The molecule has 2 N–H and O–H groups in total. The predicted octanol–water partition coefficient (Wildman–Crippen LogP) is 1.62. The summed E-state index contributed by atoms with van der Waals surface area (Å²) in [6, 6.07) is 0.447. The summed E-state index contributed by atoms with van der Waals surface area (Å²) in [6.45, 7) is 5.34. The molecule has 0 saturated carbocycles. The van der Waals surface area contributed by atoms with Gasteiger partial charge in [0.2, 0.25) is 5.91 Å². The Morgan fingerprint density at radius 2 is 2.16 bits per heavy atom. The number of carbonyl (C=O) groups is 2. The first-order chi connectivity index (χ1) is 9.02. The van der Waals surface area contributed by atoms with Crippen LogP contribution in [0.5, 0.6) is 0 Å². The summed E-state index contributed by atoms with van der Waals surface area (Å²) in [7, 11) is 0. The van der Waals surface area contributed by atoms with Crippen LogP contribution in [0.15, 0.2) is 0 Å². The zero-order valence-electron chi connectivity index (χ0n) is 12.0. The minimum Gasteiger partial charge on any atom is -0.481 e. The Balaban J connectivity index is 2.43. The molecule has 1 amide bonds. The maximum atomic E-state index is 11.9. The molecule has 0 bridgehead atoms. The maximum Gasteiger partial charge on any atom is 0.303 e. The minimum atomic E-state index is -0.755. The molecule has 1 saturated heterocycles. The number of aliphatic carboxylic acids is 1. The SMILES string of the molecule is CCC(C)NC(=O)CN1CCCCC1CCC(=O)O. The van der Waals surface area contributed by atoms with Crippen LogP contribution >= 0.6 is 0 Å². The zero-order chi connectivity index (χ0) is 14.3. The van der Waals surface area contributed by atoms with Gasteiger partial charge < -0.3 is 10.4 Å². The van der Waals surface area contributed by atoms with E-state index < -0.39 is 5.97 Å². The summed E-state index contributed by atoms with van der Waals surface area (Å²) < 4.78 is 0. The Bertz CT molecular complexity index is 307. The molecule has 1 aliphatic rings. The Kier molecular flexibility index (Phi) is 6.84. The molecule has 5 nitrogen and oxygen atoms in total. The number of nitrogens with zero attached hydrogens (tertiary/aromatic N) is 1. The summed E-state index contributed by atoms with van der Waals surface area (Å²) >= 11 is 0. The van der Waals surface area contributed by atoms with Gasteiger partial charge in [0.25, 0.3) is 0 Å². The molecule has 0 radical (unpaired) electrons. The van der Waals surface area contributed by atoms with Crippen LogP contribution in [0.2, 0.25) is 0 Å². The zero-order valence-corrected chi connectivity index (χ0v) is 12.0. The van der Waals surface area contributed by atoms with E-state index in [0.29, 0.717) is 13.0 Å². The minimum absolute atomic E-state index is 0.0524. The molecule has 0 spiro atoms. The second kappa shape index (κ2) is 8.15. The van der Waals surface area contributed by atoms with E-state index in [1.165, 1.54) is 0 Å². The molecule has 19 heavy (non-hydrogen) atoms. The van der Waals surface area contributed by atoms with Crippen molar-refractivity contribution in [2.45, 2.75) is 64.5 Å². The topological polar surface area (TPSA) is 69.6 Å². The lowest BCUT2D eigenvalue weighted by Crippen LogP contribution is -2.47. The summed E-state index contributed by atoms with van der Waals surface area (Å²) in [5.41, 5.74) is 0. The Hall–Kier alpha value is -1.10. The normalized spacial score (nSPS) is 21.9. The number of nitrogens with one attached hydrogen (secondary N) is 1. The second-order valence-electron chi connectivity index (χ2n) is 5.43. The van der Waals surface area contributed by atoms with Gasteiger partial charge in [-0.1, -0.05) is 13.3 Å². The van der Waals surface area contributed by atoms with Crippen LogP contribution in [0.1, 0.15) is 52.4 Å². The van der Waals surface area contributed by atoms with Gasteiger partial charge in [0.05, 0.1) is 6.54 Å². The number of likely N-dealkylation sites (tertiary alicyclic amines) is 1. The molecule has 1 rings (SSSR count). The van der Waals surface area contributed by atoms with Crippen LogP contribution in [0, 0.1) is 0 Å². The highest BCUT2D eigenvalue weighted by atomic mass is 16.4. The van der Waals surface area contributed by atoms with E-state index in [2.05, 4.69) is 10.2 Å². The molecule has 1 heterocycles. The highest BCUT2D eigenvalue weighted by Gasteiger charge is 2.24. The van der Waals surface area contributed by atoms with Crippen molar-refractivity contribution in [2.75, 3.05) is 13.1 Å². The molecule has 2 atom stereocenters. The molecule has 0 aliphatic carbocycles. The van der Waals surface area contributed by atoms with Gasteiger partial charge in [0, 0.05) is 18.5 Å². The molecule has 2 unspecified atom stereocenters. The van der Waals surface area contributed by atoms with Crippen molar-refractivity contribution in [1.82, 2.24) is 10.2 Å². The van der Waals surface area contributed by atoms with Crippen molar-refractivity contribution >= 4 is 11.9 Å². The fraction of sp³-hybridized carbons (Fsp3) is 0.857. The number of amides is 1. The lowest BCUT2D eigenvalue weighted by Gasteiger charge is -2.35. The van der Waals surface area contributed by atoms with Crippen molar-refractivity contribution in [3.05, 3.63) is 0 Å². The van der Waals surface area contributed by atoms with Crippen LogP contribution in [0.3, 0.4) is 0 Å². The second-order valence-corrected chi connectivity index (χ2v) is 5.43. The molecule has 0 aromatic heterocycles. The van der Waals surface area contributed by atoms with Gasteiger partial charge in [-0.05, 0) is 39.2 Å². The van der Waals surface area contributed by atoms with Crippen LogP contribution in [-0.4, -0.2) is 47.1 Å². The molecule has 0 aromatic carbocycles. The first-order valence-electron chi connectivity index (χ1n) is 7.28. The summed E-state index contributed by atoms with van der Waals surface area (Å²) in [4.78, 5) is 24.7. The molecule has 110 valence electrons. The largest absolute Gasteiger partial charge is 0.481 e. The molecule has 5 heteroatoms. The lowest BCUT2D eigenvalue weighted by atomic mass is 9.98. The summed E-state index contributed by atoms with van der Waals surface area (Å²) in [6.07, 6.45) is 4.99. The van der Waals surface area contributed by atoms with Crippen molar-refractivity contribution in [2.24, 2.45) is 0 Å². The quantitative estimate of drug-likeness (QED) is 0.737. The highest BCUT2D eigenvalue weighted by Crippen LogP contribution is 2.20. The van der Waals surface area contributed by atoms with Crippen LogP contribution in [-0.2, 0) is 9.59 Å². The van der Waals surface area contributed by atoms with Gasteiger partial charge in [-0.15, -0.1) is 0 Å². The third-order valence-corrected chi connectivity index (χ3v) is 3.81. The smallest absolute Gasteiger partial charge is 0.303 e. The Morgan fingerprint density at radius 3 is 2.79 bits per heavy atom. The third kappa shape index (κ3) is 6.05. The van der Waals surface area contributed by atoms with Crippen LogP contribution in [0.25, 0.3) is 0 Å². The monoisotopic (exact) mass is 270 g/mol. The fourth-order valence-corrected chi connectivity index (χ4v) is 2.49. The van der Waals surface area contributed by atoms with Gasteiger partial charge in [-0.2, -0.15) is 0 Å². The lowest BCUT2D eigenvalue weighted by molar-refractivity contribution is -0.137. The van der Waals surface area contributed by atoms with Gasteiger partial charge in [0.1, 0.15) is 0 Å². The van der Waals surface area contributed by atoms with Crippen LogP contribution in [0.4, 0.5) is 0 Å². The molecular formula is C14H26N2O3. The number of carboxylic acid groups (broad SMARTS) is 1. The van der Waals surface area contributed by atoms with Gasteiger partial charge >= 0.3 is 5.97 Å². The maximum absolute atomic E-state index is 11.9. The number of carboxylic acids is 1.